The van der Waals surface area contributed by atoms with Crippen LogP contribution in [0.15, 0.2) is 45.3 Å². The molecule has 0 amide bonds. The first-order valence-corrected chi connectivity index (χ1v) is 7.12. The Balaban J connectivity index is 2.04. The minimum Gasteiger partial charge on any atom is -0.457 e. The number of carbonyl (C=O) groups excluding carboxylic acids is 1. The molecule has 2 nitrogen and oxygen atoms in total. The Morgan fingerprint density at radius 1 is 1.00 bits per heavy atom. The molecule has 0 radical (unpaired) electrons. The van der Waals surface area contributed by atoms with Crippen LogP contribution in [-0.2, 0) is 11.3 Å². The second-order valence-electron chi connectivity index (χ2n) is 3.95. The van der Waals surface area contributed by atoms with E-state index in [2.05, 4.69) is 31.9 Å². The Morgan fingerprint density at radius 2 is 1.60 bits per heavy atom. The second-order valence-corrected chi connectivity index (χ2v) is 5.66. The van der Waals surface area contributed by atoms with E-state index in [9.17, 15) is 13.6 Å². The van der Waals surface area contributed by atoms with Crippen LogP contribution < -0.4 is 0 Å². The molecule has 2 rings (SSSR count). The molecule has 2 aromatic rings. The molecule has 2 aromatic carbocycles. The molecule has 0 heterocycles. The fourth-order valence-corrected chi connectivity index (χ4v) is 1.98. The van der Waals surface area contributed by atoms with E-state index < -0.39 is 17.6 Å². The van der Waals surface area contributed by atoms with Crippen molar-refractivity contribution in [1.82, 2.24) is 0 Å². The summed E-state index contributed by atoms with van der Waals surface area (Å²) in [4.78, 5) is 11.7. The van der Waals surface area contributed by atoms with Gasteiger partial charge < -0.3 is 4.74 Å². The van der Waals surface area contributed by atoms with Gasteiger partial charge in [0.2, 0.25) is 0 Å². The van der Waals surface area contributed by atoms with Crippen molar-refractivity contribution in [3.8, 4) is 0 Å². The summed E-state index contributed by atoms with van der Waals surface area (Å²) in [5, 5.41) is 0. The molecule has 0 aromatic heterocycles. The summed E-state index contributed by atoms with van der Waals surface area (Å²) in [5.74, 6) is -1.65. The van der Waals surface area contributed by atoms with Gasteiger partial charge in [0.1, 0.15) is 18.2 Å². The SMILES string of the molecule is O=C(OCc1ccc(Br)c(F)c1)c1ccc(Br)c(F)c1. The van der Waals surface area contributed by atoms with E-state index in [0.29, 0.717) is 10.0 Å². The van der Waals surface area contributed by atoms with Crippen molar-refractivity contribution in [3.05, 3.63) is 68.1 Å². The molecule has 0 bridgehead atoms. The van der Waals surface area contributed by atoms with Crippen LogP contribution in [0.2, 0.25) is 0 Å². The number of ether oxygens (including phenoxy) is 1. The molecule has 6 heteroatoms. The summed E-state index contributed by atoms with van der Waals surface area (Å²) in [6.45, 7) is -0.0826. The van der Waals surface area contributed by atoms with Crippen LogP contribution in [0.4, 0.5) is 8.78 Å². The maximum Gasteiger partial charge on any atom is 0.338 e. The van der Waals surface area contributed by atoms with Crippen molar-refractivity contribution in [3.63, 3.8) is 0 Å². The largest absolute Gasteiger partial charge is 0.457 e. The van der Waals surface area contributed by atoms with E-state index >= 15 is 0 Å². The lowest BCUT2D eigenvalue weighted by atomic mass is 10.2. The lowest BCUT2D eigenvalue weighted by Gasteiger charge is -2.06. The van der Waals surface area contributed by atoms with Crippen molar-refractivity contribution >= 4 is 37.8 Å². The zero-order chi connectivity index (χ0) is 14.7. The summed E-state index contributed by atoms with van der Waals surface area (Å²) in [5.41, 5.74) is 0.611. The van der Waals surface area contributed by atoms with Gasteiger partial charge in [0, 0.05) is 0 Å². The van der Waals surface area contributed by atoms with E-state index in [-0.39, 0.29) is 16.6 Å². The van der Waals surface area contributed by atoms with Gasteiger partial charge >= 0.3 is 5.97 Å². The van der Waals surface area contributed by atoms with Crippen LogP contribution >= 0.6 is 31.9 Å². The van der Waals surface area contributed by atoms with Crippen LogP contribution in [0, 0.1) is 11.6 Å². The number of hydrogen-bond donors (Lipinski definition) is 0. The molecule has 0 spiro atoms. The average molecular weight is 406 g/mol. The maximum absolute atomic E-state index is 13.3. The molecule has 0 fully saturated rings. The third-order valence-electron chi connectivity index (χ3n) is 2.51. The van der Waals surface area contributed by atoms with Crippen LogP contribution in [0.1, 0.15) is 15.9 Å². The number of benzene rings is 2. The van der Waals surface area contributed by atoms with Crippen molar-refractivity contribution in [2.24, 2.45) is 0 Å². The summed E-state index contributed by atoms with van der Waals surface area (Å²) in [6, 6.07) is 8.36. The van der Waals surface area contributed by atoms with Crippen LogP contribution in [-0.4, -0.2) is 5.97 Å². The molecular weight excluding hydrogens is 398 g/mol. The van der Waals surface area contributed by atoms with Gasteiger partial charge in [0.05, 0.1) is 14.5 Å². The summed E-state index contributed by atoms with van der Waals surface area (Å²) < 4.78 is 32.2. The molecule has 0 saturated heterocycles. The number of carbonyl (C=O) groups is 1. The van der Waals surface area contributed by atoms with E-state index in [1.165, 1.54) is 24.3 Å². The van der Waals surface area contributed by atoms with E-state index in [1.807, 2.05) is 0 Å². The van der Waals surface area contributed by atoms with Crippen LogP contribution in [0.3, 0.4) is 0 Å². The Hall–Kier alpha value is -1.27. The minimum atomic E-state index is -0.667. The molecule has 0 N–H and O–H groups in total. The Kier molecular flexibility index (Phi) is 4.88. The molecule has 0 aliphatic rings. The smallest absolute Gasteiger partial charge is 0.338 e. The quantitative estimate of drug-likeness (QED) is 0.682. The first-order valence-electron chi connectivity index (χ1n) is 5.53. The first kappa shape index (κ1) is 15.1. The zero-order valence-corrected chi connectivity index (χ0v) is 13.2. The number of halogens is 4. The molecule has 0 unspecified atom stereocenters. The standard InChI is InChI=1S/C14H8Br2F2O2/c15-10-3-1-8(5-12(10)17)7-20-14(19)9-2-4-11(16)13(18)6-9/h1-6H,7H2. The summed E-state index contributed by atoms with van der Waals surface area (Å²) in [6.07, 6.45) is 0. The lowest BCUT2D eigenvalue weighted by Crippen LogP contribution is -2.06. The third kappa shape index (κ3) is 3.64. The Morgan fingerprint density at radius 3 is 2.20 bits per heavy atom. The normalized spacial score (nSPS) is 10.4. The maximum atomic E-state index is 13.3. The lowest BCUT2D eigenvalue weighted by molar-refractivity contribution is 0.0471. The van der Waals surface area contributed by atoms with E-state index in [4.69, 9.17) is 4.74 Å². The van der Waals surface area contributed by atoms with Gasteiger partial charge in [-0.2, -0.15) is 0 Å². The minimum absolute atomic E-state index is 0.0826. The van der Waals surface area contributed by atoms with Gasteiger partial charge in [-0.3, -0.25) is 0 Å². The van der Waals surface area contributed by atoms with E-state index in [1.54, 1.807) is 6.07 Å². The average Bonchev–Trinajstić information content (AvgIpc) is 2.43. The summed E-state index contributed by atoms with van der Waals surface area (Å²) in [7, 11) is 0. The fourth-order valence-electron chi connectivity index (χ4n) is 1.48. The van der Waals surface area contributed by atoms with Gasteiger partial charge in [0.25, 0.3) is 0 Å². The van der Waals surface area contributed by atoms with Crippen LogP contribution in [0.5, 0.6) is 0 Å². The van der Waals surface area contributed by atoms with Gasteiger partial charge in [-0.1, -0.05) is 6.07 Å². The predicted molar refractivity (Wildman–Crippen MR) is 77.3 cm³/mol. The molecular formula is C14H8Br2F2O2. The molecule has 0 saturated carbocycles. The fraction of sp³-hybridized carbons (Fsp3) is 0.0714. The molecule has 0 aliphatic heterocycles. The zero-order valence-electron chi connectivity index (χ0n) is 10.00. The monoisotopic (exact) mass is 404 g/mol. The van der Waals surface area contributed by atoms with Crippen LogP contribution in [0.25, 0.3) is 0 Å². The Bertz CT molecular complexity index is 660. The predicted octanol–water partition coefficient (Wildman–Crippen LogP) is 4.85. The van der Waals surface area contributed by atoms with Gasteiger partial charge in [0.15, 0.2) is 0 Å². The van der Waals surface area contributed by atoms with Crippen molar-refractivity contribution < 1.29 is 18.3 Å². The highest BCUT2D eigenvalue weighted by atomic mass is 79.9. The first-order chi connectivity index (χ1) is 9.47. The summed E-state index contributed by atoms with van der Waals surface area (Å²) >= 11 is 6.03. The second kappa shape index (κ2) is 6.45. The molecule has 104 valence electrons. The highest BCUT2D eigenvalue weighted by Gasteiger charge is 2.10. The third-order valence-corrected chi connectivity index (χ3v) is 3.80. The van der Waals surface area contributed by atoms with Gasteiger partial charge in [-0.05, 0) is 67.8 Å². The molecule has 20 heavy (non-hydrogen) atoms. The topological polar surface area (TPSA) is 26.3 Å². The number of esters is 1. The number of hydrogen-bond acceptors (Lipinski definition) is 2. The molecule has 0 aliphatic carbocycles. The van der Waals surface area contributed by atoms with Crippen molar-refractivity contribution in [2.45, 2.75) is 6.61 Å². The highest BCUT2D eigenvalue weighted by Crippen LogP contribution is 2.19. The Labute approximate surface area is 131 Å². The van der Waals surface area contributed by atoms with E-state index in [0.717, 1.165) is 6.07 Å². The van der Waals surface area contributed by atoms with Crippen molar-refractivity contribution in [2.75, 3.05) is 0 Å². The van der Waals surface area contributed by atoms with Gasteiger partial charge in [-0.25, -0.2) is 13.6 Å². The number of rotatable bonds is 3. The van der Waals surface area contributed by atoms with Gasteiger partial charge in [-0.15, -0.1) is 0 Å². The van der Waals surface area contributed by atoms with Crippen molar-refractivity contribution in [1.29, 1.82) is 0 Å². The highest BCUT2D eigenvalue weighted by molar-refractivity contribution is 9.10. The molecule has 0 atom stereocenters.